The molecule has 7 rings (SSSR count). The Labute approximate surface area is 315 Å². The van der Waals surface area contributed by atoms with E-state index >= 15 is 0 Å². The zero-order valence-corrected chi connectivity index (χ0v) is 37.7. The van der Waals surface area contributed by atoms with Crippen LogP contribution in [0.25, 0.3) is 12.2 Å². The predicted octanol–water partition coefficient (Wildman–Crippen LogP) is 12.2. The van der Waals surface area contributed by atoms with Gasteiger partial charge in [0.15, 0.2) is 0 Å². The molecular formula is C49H58O2SiZr. The van der Waals surface area contributed by atoms with Gasteiger partial charge in [-0.3, -0.25) is 0 Å². The third-order valence-electron chi connectivity index (χ3n) is 13.1. The Balaban J connectivity index is 1.84. The van der Waals surface area contributed by atoms with E-state index in [0.717, 1.165) is 14.8 Å². The molecule has 5 aromatic carbocycles. The topological polar surface area (TPSA) is 18.5 Å². The van der Waals surface area contributed by atoms with Crippen LogP contribution in [0.2, 0.25) is 4.63 Å². The molecule has 2 aliphatic rings. The van der Waals surface area contributed by atoms with Gasteiger partial charge in [-0.1, -0.05) is 0 Å². The second-order valence-electron chi connectivity index (χ2n) is 19.6. The molecule has 0 heterocycles. The summed E-state index contributed by atoms with van der Waals surface area (Å²) >= 11 is -7.23. The summed E-state index contributed by atoms with van der Waals surface area (Å²) in [5.74, 6) is 1.79. The number of aryl methyl sites for hydroxylation is 2. The second kappa shape index (κ2) is 11.4. The van der Waals surface area contributed by atoms with Crippen molar-refractivity contribution in [3.8, 4) is 11.5 Å². The summed E-state index contributed by atoms with van der Waals surface area (Å²) in [6.45, 7) is 25.0. The monoisotopic (exact) mass is 796 g/mol. The molecule has 2 nitrogen and oxygen atoms in total. The van der Waals surface area contributed by atoms with Crippen molar-refractivity contribution in [2.24, 2.45) is 0 Å². The summed E-state index contributed by atoms with van der Waals surface area (Å²) in [6, 6.07) is 42.7. The van der Waals surface area contributed by atoms with Crippen molar-refractivity contribution < 1.29 is 20.9 Å². The van der Waals surface area contributed by atoms with Gasteiger partial charge in [0.05, 0.1) is 0 Å². The molecule has 0 amide bonds. The van der Waals surface area contributed by atoms with Gasteiger partial charge in [0.25, 0.3) is 0 Å². The number of rotatable bonds is 7. The first-order valence-electron chi connectivity index (χ1n) is 19.3. The van der Waals surface area contributed by atoms with E-state index in [1.165, 1.54) is 55.7 Å². The summed E-state index contributed by atoms with van der Waals surface area (Å²) in [5.41, 5.74) is 11.9. The number of hydrogen-bond donors (Lipinski definition) is 0. The molecule has 2 unspecified atom stereocenters. The third-order valence-corrected chi connectivity index (χ3v) is 46.9. The zero-order chi connectivity index (χ0) is 38.3. The molecule has 0 saturated heterocycles. The molecule has 0 aromatic heterocycles. The van der Waals surface area contributed by atoms with Crippen LogP contribution in [0.3, 0.4) is 0 Å². The number of hydrogen-bond acceptors (Lipinski definition) is 2. The van der Waals surface area contributed by atoms with Gasteiger partial charge in [0.1, 0.15) is 0 Å². The SMILES string of the molecule is CC1=Cc2ccccc2[CH]1[Zr]([CH3])(=[SiH2])([O]c1ccc(C)cc1C(C)(C)C)([O]c1ccc(C)cc1C(C)(C)C)([c]1ccccc1)[CH]1C(C)=Cc2ccccc21. The van der Waals surface area contributed by atoms with E-state index in [2.05, 4.69) is 208 Å². The fourth-order valence-electron chi connectivity index (χ4n) is 11.1. The molecule has 2 atom stereocenters. The molecular weight excluding hydrogens is 740 g/mol. The van der Waals surface area contributed by atoms with Gasteiger partial charge in [-0.15, -0.1) is 0 Å². The van der Waals surface area contributed by atoms with E-state index in [4.69, 9.17) is 5.63 Å². The van der Waals surface area contributed by atoms with Crippen molar-refractivity contribution in [2.45, 2.75) is 92.0 Å². The standard InChI is InChI=1S/2C11H16O.2C10H9.C6H5.CH3.H2Si.Zr/c2*1-8-5-6-10(12)9(7-8)11(2,3)4;2*1-8-6-9-4-2-3-5-10(9)7-8;1-2-4-6-5-3-1;;;/h2*5-7,12H,1-4H3;2*2-7H,1H3;1-5H;1H3;1H2;/q;;;;;;;+2/p-2. The Morgan fingerprint density at radius 3 is 1.28 bits per heavy atom. The summed E-state index contributed by atoms with van der Waals surface area (Å²) < 4.78 is 21.0. The summed E-state index contributed by atoms with van der Waals surface area (Å²) in [6.07, 6.45) is 4.80. The minimum atomic E-state index is -7.23. The van der Waals surface area contributed by atoms with Crippen molar-refractivity contribution in [1.82, 2.24) is 0 Å². The molecule has 0 fully saturated rings. The Morgan fingerprint density at radius 1 is 0.509 bits per heavy atom. The number of benzene rings is 5. The van der Waals surface area contributed by atoms with E-state index in [9.17, 15) is 0 Å². The fraction of sp³-hybridized carbons (Fsp3) is 0.306. The average molecular weight is 798 g/mol. The van der Waals surface area contributed by atoms with Crippen molar-refractivity contribution in [3.05, 3.63) is 171 Å². The van der Waals surface area contributed by atoms with Crippen LogP contribution in [0, 0.1) is 13.8 Å². The first-order valence-corrected chi connectivity index (χ1v) is 33.8. The normalized spacial score (nSPS) is 19.1. The molecule has 0 saturated carbocycles. The van der Waals surface area contributed by atoms with Gasteiger partial charge in [-0.05, 0) is 0 Å². The van der Waals surface area contributed by atoms with Crippen LogP contribution in [0.15, 0.2) is 126 Å². The maximum absolute atomic E-state index is 8.89. The number of fused-ring (bicyclic) bond motifs is 2. The molecule has 5 aromatic rings. The van der Waals surface area contributed by atoms with E-state index < -0.39 is 15.3 Å². The predicted molar refractivity (Wildman–Crippen MR) is 227 cm³/mol. The summed E-state index contributed by atoms with van der Waals surface area (Å²) in [5, 5.41) is 0. The van der Waals surface area contributed by atoms with Crippen LogP contribution < -0.4 is 8.90 Å². The van der Waals surface area contributed by atoms with E-state index in [1.807, 2.05) is 0 Å². The van der Waals surface area contributed by atoms with Crippen LogP contribution in [0.4, 0.5) is 0 Å². The quantitative estimate of drug-likeness (QED) is 0.153. The molecule has 0 spiro atoms. The Hall–Kier alpha value is -3.72. The van der Waals surface area contributed by atoms with Gasteiger partial charge < -0.3 is 0 Å². The second-order valence-corrected chi connectivity index (χ2v) is 57.5. The van der Waals surface area contributed by atoms with E-state index in [1.54, 1.807) is 0 Å². The maximum atomic E-state index is 8.89. The zero-order valence-electron chi connectivity index (χ0n) is 33.8. The first-order chi connectivity index (χ1) is 24.7. The molecule has 0 N–H and O–H groups in total. The van der Waals surface area contributed by atoms with Crippen LogP contribution in [-0.2, 0) is 26.1 Å². The van der Waals surface area contributed by atoms with Crippen molar-refractivity contribution >= 4 is 22.3 Å². The van der Waals surface area contributed by atoms with Gasteiger partial charge >= 0.3 is 318 Å². The van der Waals surface area contributed by atoms with Crippen LogP contribution in [0.1, 0.15) is 107 Å². The molecule has 0 aliphatic heterocycles. The first kappa shape index (κ1) is 37.6. The number of allylic oxidation sites excluding steroid dienone is 2. The van der Waals surface area contributed by atoms with Crippen LogP contribution in [-0.4, -0.2) is 6.88 Å². The van der Waals surface area contributed by atoms with Gasteiger partial charge in [-0.25, -0.2) is 0 Å². The Morgan fingerprint density at radius 2 is 0.887 bits per heavy atom. The molecule has 0 bridgehead atoms. The van der Waals surface area contributed by atoms with Crippen LogP contribution in [0.5, 0.6) is 11.5 Å². The summed E-state index contributed by atoms with van der Waals surface area (Å²) in [7, 11) is 0. The fourth-order valence-corrected chi connectivity index (χ4v) is 48.8. The molecule has 274 valence electrons. The van der Waals surface area contributed by atoms with E-state index in [-0.39, 0.29) is 18.1 Å². The molecule has 0 radical (unpaired) electrons. The van der Waals surface area contributed by atoms with Crippen LogP contribution >= 0.6 is 0 Å². The average Bonchev–Trinajstić information content (AvgIpc) is 3.63. The Bertz CT molecular complexity index is 2360. The van der Waals surface area contributed by atoms with Crippen molar-refractivity contribution in [3.63, 3.8) is 0 Å². The summed E-state index contributed by atoms with van der Waals surface area (Å²) in [4.78, 5) is 0. The van der Waals surface area contributed by atoms with Gasteiger partial charge in [-0.2, -0.15) is 0 Å². The van der Waals surface area contributed by atoms with Gasteiger partial charge in [0.2, 0.25) is 0 Å². The van der Waals surface area contributed by atoms with Gasteiger partial charge in [0, 0.05) is 0 Å². The minimum absolute atomic E-state index is 0.207. The molecule has 4 heteroatoms. The van der Waals surface area contributed by atoms with Crippen molar-refractivity contribution in [1.29, 1.82) is 0 Å². The molecule has 2 aliphatic carbocycles. The van der Waals surface area contributed by atoms with E-state index in [0.29, 0.717) is 0 Å². The van der Waals surface area contributed by atoms with Crippen molar-refractivity contribution in [2.75, 3.05) is 0 Å². The third kappa shape index (κ3) is 5.25. The molecule has 53 heavy (non-hydrogen) atoms. The Kier molecular flexibility index (Phi) is 8.09.